The van der Waals surface area contributed by atoms with Crippen LogP contribution in [0.1, 0.15) is 30.0 Å². The highest BCUT2D eigenvalue weighted by molar-refractivity contribution is 7.90. The Morgan fingerprint density at radius 2 is 1.83 bits per heavy atom. The van der Waals surface area contributed by atoms with Gasteiger partial charge < -0.3 is 13.7 Å². The zero-order valence-corrected chi connectivity index (χ0v) is 20.6. The summed E-state index contributed by atoms with van der Waals surface area (Å²) < 4.78 is 41.8. The molecule has 0 N–H and O–H groups in total. The Labute approximate surface area is 200 Å². The average molecular weight is 494 g/mol. The van der Waals surface area contributed by atoms with E-state index < -0.39 is 21.6 Å². The molecule has 3 aromatic heterocycles. The molecule has 1 atom stereocenters. The van der Waals surface area contributed by atoms with Gasteiger partial charge in [-0.15, -0.1) is 0 Å². The van der Waals surface area contributed by atoms with Crippen molar-refractivity contribution in [1.82, 2.24) is 14.7 Å². The molecule has 9 nitrogen and oxygen atoms in total. The predicted octanol–water partition coefficient (Wildman–Crippen LogP) is 4.44. The zero-order chi connectivity index (χ0) is 25.1. The first kappa shape index (κ1) is 22.9. The van der Waals surface area contributed by atoms with Crippen molar-refractivity contribution in [3.05, 3.63) is 70.2 Å². The number of sulfone groups is 1. The zero-order valence-electron chi connectivity index (χ0n) is 19.8. The van der Waals surface area contributed by atoms with Crippen LogP contribution in [0.5, 0.6) is 5.75 Å². The first-order valence-electron chi connectivity index (χ1n) is 10.8. The number of pyridine rings is 1. The highest BCUT2D eigenvalue weighted by Gasteiger charge is 2.23. The molecule has 0 aliphatic rings. The fourth-order valence-corrected chi connectivity index (χ4v) is 5.10. The fourth-order valence-electron chi connectivity index (χ4n) is 4.47. The van der Waals surface area contributed by atoms with Gasteiger partial charge >= 0.3 is 5.76 Å². The Bertz CT molecular complexity index is 1740. The summed E-state index contributed by atoms with van der Waals surface area (Å²) in [5.41, 5.74) is 4.65. The van der Waals surface area contributed by atoms with Gasteiger partial charge in [0.15, 0.2) is 15.4 Å². The van der Waals surface area contributed by atoms with Crippen molar-refractivity contribution in [3.63, 3.8) is 0 Å². The van der Waals surface area contributed by atoms with Crippen LogP contribution in [-0.4, -0.2) is 36.5 Å². The van der Waals surface area contributed by atoms with E-state index in [9.17, 15) is 13.2 Å². The van der Waals surface area contributed by atoms with Crippen LogP contribution in [0.25, 0.3) is 33.1 Å². The van der Waals surface area contributed by atoms with E-state index in [0.717, 1.165) is 28.6 Å². The summed E-state index contributed by atoms with van der Waals surface area (Å²) in [5.74, 6) is 0.696. The molecule has 0 saturated heterocycles. The smallest absolute Gasteiger partial charge is 0.420 e. The highest BCUT2D eigenvalue weighted by atomic mass is 32.2. The molecule has 10 heteroatoms. The van der Waals surface area contributed by atoms with Gasteiger partial charge in [0.25, 0.3) is 0 Å². The van der Waals surface area contributed by atoms with Crippen LogP contribution >= 0.6 is 0 Å². The van der Waals surface area contributed by atoms with Crippen LogP contribution in [0.2, 0.25) is 0 Å². The molecule has 0 spiro atoms. The molecular formula is C25H23N3O6S. The van der Waals surface area contributed by atoms with Crippen molar-refractivity contribution in [2.45, 2.75) is 31.7 Å². The molecule has 35 heavy (non-hydrogen) atoms. The minimum absolute atomic E-state index is 0.212. The number of hydrogen-bond donors (Lipinski definition) is 0. The summed E-state index contributed by atoms with van der Waals surface area (Å²) in [7, 11) is -1.75. The topological polar surface area (TPSA) is 117 Å². The summed E-state index contributed by atoms with van der Waals surface area (Å²) in [4.78, 5) is 17.7. The Kier molecular flexibility index (Phi) is 5.28. The molecule has 0 aliphatic carbocycles. The van der Waals surface area contributed by atoms with E-state index >= 15 is 0 Å². The summed E-state index contributed by atoms with van der Waals surface area (Å²) >= 11 is 0. The van der Waals surface area contributed by atoms with Crippen molar-refractivity contribution in [1.29, 1.82) is 0 Å². The molecule has 0 unspecified atom stereocenters. The minimum atomic E-state index is -3.33. The van der Waals surface area contributed by atoms with Crippen molar-refractivity contribution in [3.8, 4) is 16.9 Å². The van der Waals surface area contributed by atoms with E-state index in [-0.39, 0.29) is 4.90 Å². The second-order valence-corrected chi connectivity index (χ2v) is 10.5. The lowest BCUT2D eigenvalue weighted by atomic mass is 10.00. The van der Waals surface area contributed by atoms with Gasteiger partial charge in [0.2, 0.25) is 0 Å². The summed E-state index contributed by atoms with van der Waals surface area (Å²) in [6, 6.07) is 9.75. The lowest BCUT2D eigenvalue weighted by molar-refractivity contribution is 0.393. The number of hydrogen-bond acceptors (Lipinski definition) is 8. The second-order valence-electron chi connectivity index (χ2n) is 8.50. The number of aryl methyl sites for hydroxylation is 2. The van der Waals surface area contributed by atoms with Gasteiger partial charge in [-0.05, 0) is 50.6 Å². The highest BCUT2D eigenvalue weighted by Crippen LogP contribution is 2.39. The van der Waals surface area contributed by atoms with Gasteiger partial charge in [-0.2, -0.15) is 0 Å². The minimum Gasteiger partial charge on any atom is -0.496 e. The summed E-state index contributed by atoms with van der Waals surface area (Å²) in [5, 5.41) is 4.73. The molecule has 5 rings (SSSR count). The van der Waals surface area contributed by atoms with Gasteiger partial charge in [0, 0.05) is 17.2 Å². The standard InChI is InChI=1S/C25H23N3O6S/c1-13-23(15(3)34-27-13)19-10-20-18(11-21(19)32-4)24-22(12-26-20)33-25(29)28(24)14(2)16-6-8-17(9-7-16)35(5,30)31/h6-12,14H,1-5H3/t14-/m1/s1. The van der Waals surface area contributed by atoms with Crippen molar-refractivity contribution < 1.29 is 22.1 Å². The largest absolute Gasteiger partial charge is 0.496 e. The average Bonchev–Trinajstić information content (AvgIpc) is 3.34. The number of aromatic nitrogens is 3. The van der Waals surface area contributed by atoms with Crippen LogP contribution in [0.15, 0.2) is 61.2 Å². The molecule has 0 aliphatic heterocycles. The molecule has 3 heterocycles. The van der Waals surface area contributed by atoms with Gasteiger partial charge in [0.1, 0.15) is 17.0 Å². The van der Waals surface area contributed by atoms with Crippen LogP contribution < -0.4 is 10.5 Å². The third-order valence-electron chi connectivity index (χ3n) is 6.24. The van der Waals surface area contributed by atoms with Gasteiger partial charge in [-0.25, -0.2) is 13.2 Å². The fraction of sp³-hybridized carbons (Fsp3) is 0.240. The Hall–Kier alpha value is -3.92. The van der Waals surface area contributed by atoms with Gasteiger partial charge in [-0.1, -0.05) is 17.3 Å². The van der Waals surface area contributed by atoms with E-state index in [1.54, 1.807) is 23.8 Å². The number of benzene rings is 2. The number of methoxy groups -OCH3 is 1. The van der Waals surface area contributed by atoms with Gasteiger partial charge in [0.05, 0.1) is 41.0 Å². The van der Waals surface area contributed by atoms with Crippen molar-refractivity contribution in [2.24, 2.45) is 0 Å². The van der Waals surface area contributed by atoms with Crippen LogP contribution in [-0.2, 0) is 9.84 Å². The number of oxazole rings is 1. The maximum Gasteiger partial charge on any atom is 0.420 e. The predicted molar refractivity (Wildman–Crippen MR) is 131 cm³/mol. The molecule has 0 radical (unpaired) electrons. The number of fused-ring (bicyclic) bond motifs is 3. The molecule has 5 aromatic rings. The SMILES string of the molecule is COc1cc2c(cc1-c1c(C)noc1C)ncc1oc(=O)n([C@H](C)c3ccc(S(C)(=O)=O)cc3)c12. The normalized spacial score (nSPS) is 12.9. The first-order chi connectivity index (χ1) is 16.6. The van der Waals surface area contributed by atoms with Crippen LogP contribution in [0.3, 0.4) is 0 Å². The van der Waals surface area contributed by atoms with E-state index in [4.69, 9.17) is 13.7 Å². The molecule has 0 bridgehead atoms. The molecule has 0 fully saturated rings. The first-order valence-corrected chi connectivity index (χ1v) is 12.7. The molecular weight excluding hydrogens is 470 g/mol. The molecule has 0 amide bonds. The quantitative estimate of drug-likeness (QED) is 0.353. The summed E-state index contributed by atoms with van der Waals surface area (Å²) in [6.07, 6.45) is 2.68. The Balaban J connectivity index is 1.74. The number of nitrogens with zero attached hydrogens (tertiary/aromatic N) is 3. The lowest BCUT2D eigenvalue weighted by Gasteiger charge is -2.15. The van der Waals surface area contributed by atoms with Gasteiger partial charge in [-0.3, -0.25) is 9.55 Å². The number of rotatable bonds is 5. The van der Waals surface area contributed by atoms with Crippen molar-refractivity contribution in [2.75, 3.05) is 13.4 Å². The monoisotopic (exact) mass is 493 g/mol. The van der Waals surface area contributed by atoms with E-state index in [2.05, 4.69) is 10.1 Å². The lowest BCUT2D eigenvalue weighted by Crippen LogP contribution is -2.19. The maximum absolute atomic E-state index is 12.9. The van der Waals surface area contributed by atoms with E-state index in [0.29, 0.717) is 33.5 Å². The maximum atomic E-state index is 12.9. The molecule has 0 saturated carbocycles. The molecule has 180 valence electrons. The van der Waals surface area contributed by atoms with Crippen molar-refractivity contribution >= 4 is 31.8 Å². The van der Waals surface area contributed by atoms with Crippen LogP contribution in [0, 0.1) is 13.8 Å². The van der Waals surface area contributed by atoms with E-state index in [1.807, 2.05) is 32.9 Å². The Morgan fingerprint density at radius 3 is 2.43 bits per heavy atom. The molecule has 2 aromatic carbocycles. The number of ether oxygens (including phenoxy) is 1. The Morgan fingerprint density at radius 1 is 1.11 bits per heavy atom. The third-order valence-corrected chi connectivity index (χ3v) is 7.37. The second kappa shape index (κ2) is 8.09. The van der Waals surface area contributed by atoms with E-state index in [1.165, 1.54) is 18.3 Å². The third kappa shape index (κ3) is 3.70. The summed E-state index contributed by atoms with van der Waals surface area (Å²) in [6.45, 7) is 5.55. The van der Waals surface area contributed by atoms with Crippen LogP contribution in [0.4, 0.5) is 0 Å².